The number of carbonyl (C=O) groups excluding carboxylic acids is 1. The Morgan fingerprint density at radius 1 is 1.35 bits per heavy atom. The molecule has 2 unspecified atom stereocenters. The van der Waals surface area contributed by atoms with Crippen molar-refractivity contribution in [2.24, 2.45) is 0 Å². The first-order valence-corrected chi connectivity index (χ1v) is 9.24. The molecule has 1 aliphatic rings. The maximum atomic E-state index is 12.3. The summed E-state index contributed by atoms with van der Waals surface area (Å²) in [4.78, 5) is 22.5. The van der Waals surface area contributed by atoms with Crippen molar-refractivity contribution in [2.45, 2.75) is 64.1 Å². The molecule has 2 aromatic rings. The average Bonchev–Trinajstić information content (AvgIpc) is 2.94. The highest BCUT2D eigenvalue weighted by Crippen LogP contribution is 2.27. The van der Waals surface area contributed by atoms with Gasteiger partial charge in [-0.3, -0.25) is 0 Å². The molecule has 142 valence electrons. The minimum absolute atomic E-state index is 0.119. The summed E-state index contributed by atoms with van der Waals surface area (Å²) in [7, 11) is 1.80. The number of carbonyl (C=O) groups is 1. The Labute approximate surface area is 158 Å². The summed E-state index contributed by atoms with van der Waals surface area (Å²) in [6, 6.07) is 4.14. The third-order valence-corrected chi connectivity index (χ3v) is 4.63. The van der Waals surface area contributed by atoms with Gasteiger partial charge in [0, 0.05) is 19.1 Å². The summed E-state index contributed by atoms with van der Waals surface area (Å²) in [6.07, 6.45) is 3.48. The standard InChI is InChI=1S/C18H25ClN4O3/c1-18(2,3)26-17(24)23(4)12-7-5-6-11(10-12)20-16-22-15-13(25-16)8-9-14(19)21-15/h8-9,11-12H,5-7,10H2,1-4H3,(H,20,21,22). The first-order valence-electron chi connectivity index (χ1n) is 8.87. The van der Waals surface area contributed by atoms with Gasteiger partial charge >= 0.3 is 6.09 Å². The summed E-state index contributed by atoms with van der Waals surface area (Å²) >= 11 is 5.89. The molecule has 0 bridgehead atoms. The number of fused-ring (bicyclic) bond motifs is 1. The first kappa shape index (κ1) is 18.8. The van der Waals surface area contributed by atoms with Crippen LogP contribution in [0.25, 0.3) is 11.2 Å². The van der Waals surface area contributed by atoms with Crippen molar-refractivity contribution in [3.05, 3.63) is 17.3 Å². The van der Waals surface area contributed by atoms with E-state index in [0.29, 0.717) is 22.4 Å². The van der Waals surface area contributed by atoms with E-state index in [9.17, 15) is 4.79 Å². The molecular formula is C18H25ClN4O3. The number of halogens is 1. The molecule has 1 saturated carbocycles. The van der Waals surface area contributed by atoms with Crippen molar-refractivity contribution in [3.8, 4) is 0 Å². The maximum absolute atomic E-state index is 12.3. The van der Waals surface area contributed by atoms with E-state index < -0.39 is 5.60 Å². The van der Waals surface area contributed by atoms with E-state index in [4.69, 9.17) is 20.8 Å². The third-order valence-electron chi connectivity index (χ3n) is 4.42. The number of nitrogens with one attached hydrogen (secondary N) is 1. The highest BCUT2D eigenvalue weighted by molar-refractivity contribution is 6.29. The SMILES string of the molecule is CN(C(=O)OC(C)(C)C)C1CCCC(Nc2nc3nc(Cl)ccc3o2)C1. The Kier molecular flexibility index (Phi) is 5.27. The lowest BCUT2D eigenvalue weighted by atomic mass is 9.90. The summed E-state index contributed by atoms with van der Waals surface area (Å²) in [5.41, 5.74) is 0.581. The quantitative estimate of drug-likeness (QED) is 0.791. The van der Waals surface area contributed by atoms with Crippen LogP contribution in [0, 0.1) is 0 Å². The number of rotatable bonds is 3. The van der Waals surface area contributed by atoms with E-state index in [1.807, 2.05) is 20.8 Å². The lowest BCUT2D eigenvalue weighted by molar-refractivity contribution is 0.0184. The summed E-state index contributed by atoms with van der Waals surface area (Å²) in [6.45, 7) is 5.62. The normalized spacial score (nSPS) is 20.8. The second-order valence-electron chi connectivity index (χ2n) is 7.73. The van der Waals surface area contributed by atoms with Gasteiger partial charge in [0.25, 0.3) is 6.01 Å². The van der Waals surface area contributed by atoms with Crippen molar-refractivity contribution in [3.63, 3.8) is 0 Å². The smallest absolute Gasteiger partial charge is 0.410 e. The Balaban J connectivity index is 1.63. The van der Waals surface area contributed by atoms with E-state index in [-0.39, 0.29) is 18.2 Å². The van der Waals surface area contributed by atoms with Crippen LogP contribution in [0.2, 0.25) is 5.15 Å². The van der Waals surface area contributed by atoms with Crippen LogP contribution in [-0.2, 0) is 4.74 Å². The van der Waals surface area contributed by atoms with Gasteiger partial charge in [-0.2, -0.15) is 4.98 Å². The fourth-order valence-electron chi connectivity index (χ4n) is 3.16. The number of hydrogen-bond donors (Lipinski definition) is 1. The topological polar surface area (TPSA) is 80.5 Å². The summed E-state index contributed by atoms with van der Waals surface area (Å²) in [5.74, 6) is 0. The molecular weight excluding hydrogens is 356 g/mol. The Morgan fingerprint density at radius 3 is 2.85 bits per heavy atom. The van der Waals surface area contributed by atoms with Crippen molar-refractivity contribution < 1.29 is 13.9 Å². The molecule has 2 aromatic heterocycles. The van der Waals surface area contributed by atoms with Crippen LogP contribution in [0.5, 0.6) is 0 Å². The average molecular weight is 381 g/mol. The van der Waals surface area contributed by atoms with E-state index in [1.54, 1.807) is 24.1 Å². The minimum Gasteiger partial charge on any atom is -0.444 e. The molecule has 0 aliphatic heterocycles. The molecule has 0 aromatic carbocycles. The second-order valence-corrected chi connectivity index (χ2v) is 8.11. The van der Waals surface area contributed by atoms with E-state index in [2.05, 4.69) is 15.3 Å². The van der Waals surface area contributed by atoms with Gasteiger partial charge in [-0.05, 0) is 58.6 Å². The molecule has 1 amide bonds. The third kappa shape index (κ3) is 4.58. The molecule has 26 heavy (non-hydrogen) atoms. The van der Waals surface area contributed by atoms with Gasteiger partial charge in [-0.15, -0.1) is 0 Å². The van der Waals surface area contributed by atoms with Crippen LogP contribution in [0.4, 0.5) is 10.8 Å². The Morgan fingerprint density at radius 2 is 2.12 bits per heavy atom. The zero-order valence-corrected chi connectivity index (χ0v) is 16.3. The van der Waals surface area contributed by atoms with Gasteiger partial charge in [-0.1, -0.05) is 11.6 Å². The number of aromatic nitrogens is 2. The Bertz CT molecular complexity index is 786. The first-order chi connectivity index (χ1) is 12.2. The van der Waals surface area contributed by atoms with E-state index >= 15 is 0 Å². The van der Waals surface area contributed by atoms with Gasteiger partial charge in [-0.25, -0.2) is 9.78 Å². The van der Waals surface area contributed by atoms with Gasteiger partial charge < -0.3 is 19.4 Å². The van der Waals surface area contributed by atoms with Crippen LogP contribution in [0.15, 0.2) is 16.5 Å². The predicted octanol–water partition coefficient (Wildman–Crippen LogP) is 4.47. The molecule has 2 atom stereocenters. The number of ether oxygens (including phenoxy) is 1. The monoisotopic (exact) mass is 380 g/mol. The lowest BCUT2D eigenvalue weighted by Crippen LogP contribution is -2.45. The molecule has 0 spiro atoms. The van der Waals surface area contributed by atoms with Crippen LogP contribution >= 0.6 is 11.6 Å². The number of nitrogens with zero attached hydrogens (tertiary/aromatic N) is 3. The van der Waals surface area contributed by atoms with Crippen LogP contribution < -0.4 is 5.32 Å². The van der Waals surface area contributed by atoms with Gasteiger partial charge in [0.05, 0.1) is 0 Å². The molecule has 8 heteroatoms. The lowest BCUT2D eigenvalue weighted by Gasteiger charge is -2.36. The van der Waals surface area contributed by atoms with Gasteiger partial charge in [0.1, 0.15) is 10.8 Å². The van der Waals surface area contributed by atoms with Crippen LogP contribution in [0.3, 0.4) is 0 Å². The predicted molar refractivity (Wildman–Crippen MR) is 100 cm³/mol. The highest BCUT2D eigenvalue weighted by atomic mass is 35.5. The highest BCUT2D eigenvalue weighted by Gasteiger charge is 2.30. The molecule has 7 nitrogen and oxygen atoms in total. The molecule has 0 radical (unpaired) electrons. The van der Waals surface area contributed by atoms with Crippen molar-refractivity contribution in [2.75, 3.05) is 12.4 Å². The van der Waals surface area contributed by atoms with E-state index in [0.717, 1.165) is 25.7 Å². The van der Waals surface area contributed by atoms with Crippen LogP contribution in [-0.4, -0.2) is 45.7 Å². The van der Waals surface area contributed by atoms with Crippen LogP contribution in [0.1, 0.15) is 46.5 Å². The van der Waals surface area contributed by atoms with Gasteiger partial charge in [0.15, 0.2) is 5.58 Å². The second kappa shape index (κ2) is 7.31. The maximum Gasteiger partial charge on any atom is 0.410 e. The van der Waals surface area contributed by atoms with Crippen molar-refractivity contribution in [1.29, 1.82) is 0 Å². The largest absolute Gasteiger partial charge is 0.444 e. The molecule has 1 fully saturated rings. The number of amides is 1. The summed E-state index contributed by atoms with van der Waals surface area (Å²) < 4.78 is 11.2. The molecule has 1 N–H and O–H groups in total. The number of anilines is 1. The fourth-order valence-corrected chi connectivity index (χ4v) is 3.30. The van der Waals surface area contributed by atoms with Gasteiger partial charge in [0.2, 0.25) is 5.65 Å². The fraction of sp³-hybridized carbons (Fsp3) is 0.611. The number of oxazole rings is 1. The molecule has 0 saturated heterocycles. The Hall–Kier alpha value is -2.02. The number of hydrogen-bond acceptors (Lipinski definition) is 6. The molecule has 2 heterocycles. The zero-order chi connectivity index (χ0) is 18.9. The zero-order valence-electron chi connectivity index (χ0n) is 15.6. The minimum atomic E-state index is -0.496. The van der Waals surface area contributed by atoms with Crippen molar-refractivity contribution in [1.82, 2.24) is 14.9 Å². The number of pyridine rings is 1. The summed E-state index contributed by atoms with van der Waals surface area (Å²) in [5, 5.41) is 3.71. The molecule has 1 aliphatic carbocycles. The molecule has 3 rings (SSSR count). The van der Waals surface area contributed by atoms with E-state index in [1.165, 1.54) is 0 Å². The van der Waals surface area contributed by atoms with Crippen molar-refractivity contribution >= 4 is 34.9 Å².